The normalized spacial score (nSPS) is 55.7. The average molecular weight is 629 g/mol. The minimum absolute atomic E-state index is 0.0718. The zero-order valence-electron chi connectivity index (χ0n) is 27.2. The second-order valence-electron chi connectivity index (χ2n) is 16.6. The van der Waals surface area contributed by atoms with E-state index in [9.17, 15) is 19.8 Å². The third-order valence-corrected chi connectivity index (χ3v) is 14.4. The van der Waals surface area contributed by atoms with Crippen LogP contribution in [0.4, 0.5) is 0 Å². The van der Waals surface area contributed by atoms with Crippen LogP contribution in [-0.4, -0.2) is 76.8 Å². The van der Waals surface area contributed by atoms with Crippen molar-refractivity contribution < 1.29 is 43.5 Å². The Balaban J connectivity index is 0.965. The monoisotopic (exact) mass is 628 g/mol. The summed E-state index contributed by atoms with van der Waals surface area (Å²) in [6.07, 6.45) is 12.2. The van der Waals surface area contributed by atoms with Gasteiger partial charge in [0.2, 0.25) is 0 Å². The Bertz CT molecular complexity index is 1250. The summed E-state index contributed by atoms with van der Waals surface area (Å²) in [4.78, 5) is 25.1. The molecule has 2 saturated heterocycles. The molecule has 7 fully saturated rings. The van der Waals surface area contributed by atoms with Gasteiger partial charge in [0.25, 0.3) is 0 Å². The van der Waals surface area contributed by atoms with Crippen LogP contribution in [0, 0.1) is 34.5 Å². The van der Waals surface area contributed by atoms with Gasteiger partial charge in [0, 0.05) is 37.2 Å². The topological polar surface area (TPSA) is 121 Å². The van der Waals surface area contributed by atoms with Gasteiger partial charge in [0.05, 0.1) is 34.9 Å². The zero-order valence-corrected chi connectivity index (χ0v) is 27.2. The van der Waals surface area contributed by atoms with Crippen LogP contribution in [0.1, 0.15) is 111 Å². The van der Waals surface area contributed by atoms with Crippen molar-refractivity contribution in [2.45, 2.75) is 158 Å². The number of hydrogen-bond acceptors (Lipinski definition) is 9. The molecule has 9 nitrogen and oxygen atoms in total. The molecule has 5 aliphatic carbocycles. The number of aliphatic hydroxyl groups is 2. The van der Waals surface area contributed by atoms with E-state index in [1.54, 1.807) is 6.08 Å². The van der Waals surface area contributed by atoms with E-state index >= 15 is 0 Å². The van der Waals surface area contributed by atoms with Crippen LogP contribution in [0.25, 0.3) is 0 Å². The molecular weight excluding hydrogens is 576 g/mol. The molecule has 250 valence electrons. The van der Waals surface area contributed by atoms with Gasteiger partial charge in [-0.05, 0) is 94.0 Å². The minimum atomic E-state index is -1.19. The largest absolute Gasteiger partial charge is 0.458 e. The number of carbonyl (C=O) groups is 2. The van der Waals surface area contributed by atoms with Crippen molar-refractivity contribution in [1.29, 1.82) is 0 Å². The number of hydrogen-bond donors (Lipinski definition) is 2. The third-order valence-electron chi connectivity index (χ3n) is 14.4. The smallest absolute Gasteiger partial charge is 0.331 e. The molecule has 0 bridgehead atoms. The van der Waals surface area contributed by atoms with Crippen LogP contribution >= 0.6 is 0 Å². The average Bonchev–Trinajstić information content (AvgIpc) is 3.65. The maximum atomic E-state index is 13.2. The van der Waals surface area contributed by atoms with Crippen molar-refractivity contribution in [2.75, 3.05) is 6.61 Å². The Morgan fingerprint density at radius 3 is 2.53 bits per heavy atom. The molecule has 14 atom stereocenters. The fourth-order valence-electron chi connectivity index (χ4n) is 12.2. The Kier molecular flexibility index (Phi) is 7.27. The van der Waals surface area contributed by atoms with E-state index in [0.29, 0.717) is 57.5 Å². The van der Waals surface area contributed by atoms with E-state index in [1.165, 1.54) is 6.42 Å². The molecule has 2 N–H and O–H groups in total. The summed E-state index contributed by atoms with van der Waals surface area (Å²) in [6.45, 7) is 6.80. The van der Waals surface area contributed by atoms with Crippen LogP contribution in [0.15, 0.2) is 11.6 Å². The van der Waals surface area contributed by atoms with Crippen molar-refractivity contribution in [3.63, 3.8) is 0 Å². The molecule has 9 heteroatoms. The predicted molar refractivity (Wildman–Crippen MR) is 162 cm³/mol. The first-order valence-electron chi connectivity index (χ1n) is 17.9. The van der Waals surface area contributed by atoms with E-state index in [2.05, 4.69) is 13.8 Å². The van der Waals surface area contributed by atoms with Gasteiger partial charge in [-0.15, -0.1) is 0 Å². The van der Waals surface area contributed by atoms with Crippen LogP contribution < -0.4 is 0 Å². The standard InChI is InChI=1S/C36H52O9/c1-21-5-4-10-35(17-21)44-28-16-30(42-22(2)31(28)45-35)43-24-6-12-33(20-37)26-7-11-32(3)25(23-15-29(38)41-19-23)9-14-36(32,40)27(26)8-13-34(33,39)18-24/h15,20-22,24-28,30-31,39-40H,4-14,16-19H2,1-3H3/t21?,22?,24-,25+,26?,27?,28?,30-,31+,32+,33-,34-,35?,36-/m0/s1. The summed E-state index contributed by atoms with van der Waals surface area (Å²) in [5.74, 6) is -0.282. The molecule has 3 aliphatic heterocycles. The highest BCUT2D eigenvalue weighted by Crippen LogP contribution is 2.70. The van der Waals surface area contributed by atoms with Gasteiger partial charge in [0.15, 0.2) is 12.1 Å². The first kappa shape index (κ1) is 30.9. The van der Waals surface area contributed by atoms with Crippen molar-refractivity contribution in [3.05, 3.63) is 11.6 Å². The van der Waals surface area contributed by atoms with Crippen LogP contribution in [-0.2, 0) is 33.3 Å². The molecule has 0 amide bonds. The molecule has 0 aromatic rings. The second-order valence-corrected chi connectivity index (χ2v) is 16.6. The van der Waals surface area contributed by atoms with Crippen molar-refractivity contribution in [1.82, 2.24) is 0 Å². The van der Waals surface area contributed by atoms with Gasteiger partial charge >= 0.3 is 5.97 Å². The molecule has 0 aromatic heterocycles. The maximum Gasteiger partial charge on any atom is 0.331 e. The van der Waals surface area contributed by atoms with E-state index < -0.39 is 28.7 Å². The predicted octanol–water partition coefficient (Wildman–Crippen LogP) is 4.75. The Morgan fingerprint density at radius 2 is 1.78 bits per heavy atom. The molecule has 5 saturated carbocycles. The summed E-state index contributed by atoms with van der Waals surface area (Å²) >= 11 is 0. The molecule has 8 aliphatic rings. The fourth-order valence-corrected chi connectivity index (χ4v) is 12.2. The molecule has 3 heterocycles. The van der Waals surface area contributed by atoms with Gasteiger partial charge in [-0.3, -0.25) is 0 Å². The first-order chi connectivity index (χ1) is 21.4. The van der Waals surface area contributed by atoms with Gasteiger partial charge < -0.3 is 38.7 Å². The molecule has 1 spiro atoms. The molecular formula is C36H52O9. The van der Waals surface area contributed by atoms with Crippen molar-refractivity contribution >= 4 is 12.3 Å². The first-order valence-corrected chi connectivity index (χ1v) is 17.9. The van der Waals surface area contributed by atoms with Crippen molar-refractivity contribution in [3.8, 4) is 0 Å². The van der Waals surface area contributed by atoms with Crippen LogP contribution in [0.2, 0.25) is 0 Å². The number of cyclic esters (lactones) is 1. The summed E-state index contributed by atoms with van der Waals surface area (Å²) in [5, 5.41) is 24.9. The highest BCUT2D eigenvalue weighted by atomic mass is 16.8. The summed E-state index contributed by atoms with van der Waals surface area (Å²) in [6, 6.07) is 0. The van der Waals surface area contributed by atoms with Gasteiger partial charge in [0.1, 0.15) is 19.0 Å². The van der Waals surface area contributed by atoms with E-state index in [1.807, 2.05) is 6.92 Å². The summed E-state index contributed by atoms with van der Waals surface area (Å²) in [7, 11) is 0. The number of rotatable bonds is 4. The van der Waals surface area contributed by atoms with E-state index in [0.717, 1.165) is 50.4 Å². The molecule has 6 unspecified atom stereocenters. The maximum absolute atomic E-state index is 13.2. The lowest BCUT2D eigenvalue weighted by molar-refractivity contribution is -0.278. The Hall–Kier alpha value is -1.36. The minimum Gasteiger partial charge on any atom is -0.458 e. The SMILES string of the molecule is CC1CCCC2(C1)OC1C[C@H](O[C@H]3CC[C@]4(C=O)C5CC[C@]6(C)[C@@H](C7=CC(=O)OC7)CC[C@]6(O)C5CC[C@]4(O)C3)OC(C)[C@H]1O2. The molecule has 45 heavy (non-hydrogen) atoms. The molecule has 0 radical (unpaired) electrons. The van der Waals surface area contributed by atoms with E-state index in [-0.39, 0.29) is 53.6 Å². The number of fused-ring (bicyclic) bond motifs is 6. The number of ether oxygens (including phenoxy) is 5. The lowest BCUT2D eigenvalue weighted by Crippen LogP contribution is -2.69. The molecule has 0 aromatic carbocycles. The molecule has 8 rings (SSSR count). The van der Waals surface area contributed by atoms with Crippen LogP contribution in [0.3, 0.4) is 0 Å². The Labute approximate surface area is 266 Å². The van der Waals surface area contributed by atoms with Gasteiger partial charge in [-0.25, -0.2) is 4.79 Å². The van der Waals surface area contributed by atoms with Crippen LogP contribution in [0.5, 0.6) is 0 Å². The fraction of sp³-hybridized carbons (Fsp3) is 0.889. The Morgan fingerprint density at radius 1 is 0.956 bits per heavy atom. The highest BCUT2D eigenvalue weighted by Gasteiger charge is 2.71. The number of aldehydes is 1. The quantitative estimate of drug-likeness (QED) is 0.258. The second kappa shape index (κ2) is 10.6. The summed E-state index contributed by atoms with van der Waals surface area (Å²) in [5.41, 5.74) is -2.43. The lowest BCUT2D eigenvalue weighted by Gasteiger charge is -2.65. The lowest BCUT2D eigenvalue weighted by atomic mass is 9.41. The highest BCUT2D eigenvalue weighted by molar-refractivity contribution is 5.85. The van der Waals surface area contributed by atoms with E-state index in [4.69, 9.17) is 23.7 Å². The summed E-state index contributed by atoms with van der Waals surface area (Å²) < 4.78 is 31.4. The number of carbonyl (C=O) groups excluding carboxylic acids is 2. The zero-order chi connectivity index (χ0) is 31.4. The third kappa shape index (κ3) is 4.46. The van der Waals surface area contributed by atoms with Crippen molar-refractivity contribution in [2.24, 2.45) is 34.5 Å². The van der Waals surface area contributed by atoms with Gasteiger partial charge in [-0.1, -0.05) is 20.3 Å². The number of esters is 1. The van der Waals surface area contributed by atoms with Gasteiger partial charge in [-0.2, -0.15) is 0 Å².